The zero-order valence-electron chi connectivity index (χ0n) is 48.2. The number of rotatable bonds is 5. The number of hydrogen-bond acceptors (Lipinski definition) is 4. The Morgan fingerprint density at radius 2 is 1.05 bits per heavy atom. The van der Waals surface area contributed by atoms with Crippen LogP contribution in [0, 0.1) is 6.85 Å². The van der Waals surface area contributed by atoms with Crippen molar-refractivity contribution in [3.05, 3.63) is 191 Å². The van der Waals surface area contributed by atoms with E-state index < -0.39 is 12.3 Å². The van der Waals surface area contributed by atoms with Gasteiger partial charge in [0.25, 0.3) is 6.71 Å². The number of para-hydroxylation sites is 3. The Balaban J connectivity index is 1.19. The molecular formula is C69H70BN3O. The van der Waals surface area contributed by atoms with Crippen molar-refractivity contribution in [3.8, 4) is 0 Å². The summed E-state index contributed by atoms with van der Waals surface area (Å²) in [6, 6.07) is 57.3. The van der Waals surface area contributed by atoms with E-state index in [9.17, 15) is 4.11 Å². The van der Waals surface area contributed by atoms with Gasteiger partial charge in [0.1, 0.15) is 11.2 Å². The van der Waals surface area contributed by atoms with Gasteiger partial charge in [0.2, 0.25) is 0 Å². The van der Waals surface area contributed by atoms with Gasteiger partial charge < -0.3 is 19.1 Å². The lowest BCUT2D eigenvalue weighted by Gasteiger charge is -2.48. The number of nitrogens with zero attached hydrogens (tertiary/aromatic N) is 3. The highest BCUT2D eigenvalue weighted by atomic mass is 16.3. The highest BCUT2D eigenvalue weighted by Gasteiger charge is 2.48. The normalized spacial score (nSPS) is 18.4. The predicted molar refractivity (Wildman–Crippen MR) is 316 cm³/mol. The van der Waals surface area contributed by atoms with Gasteiger partial charge in [0.15, 0.2) is 0 Å². The van der Waals surface area contributed by atoms with Crippen molar-refractivity contribution >= 4 is 96.2 Å². The summed E-state index contributed by atoms with van der Waals surface area (Å²) >= 11 is 0. The molecule has 8 aromatic carbocycles. The monoisotopic (exact) mass is 971 g/mol. The van der Waals surface area contributed by atoms with Crippen molar-refractivity contribution in [3.63, 3.8) is 0 Å². The van der Waals surface area contributed by atoms with Crippen molar-refractivity contribution in [1.29, 1.82) is 0 Å². The maximum Gasteiger partial charge on any atom is 0.252 e. The first-order valence-electron chi connectivity index (χ1n) is 28.5. The maximum atomic E-state index is 9.37. The Bertz CT molecular complexity index is 3840. The van der Waals surface area contributed by atoms with Gasteiger partial charge in [-0.2, -0.15) is 0 Å². The molecule has 0 atom stereocenters. The molecule has 3 heterocycles. The molecule has 74 heavy (non-hydrogen) atoms. The number of anilines is 9. The Morgan fingerprint density at radius 3 is 1.69 bits per heavy atom. The molecule has 0 amide bonds. The number of aryl methyl sites for hydroxylation is 1. The lowest BCUT2D eigenvalue weighted by molar-refractivity contribution is 0.332. The fraction of sp³-hybridized carbons (Fsp3) is 0.304. The molecule has 9 aromatic rings. The third-order valence-corrected chi connectivity index (χ3v) is 17.9. The highest BCUT2D eigenvalue weighted by molar-refractivity contribution is 7.00. The van der Waals surface area contributed by atoms with Gasteiger partial charge in [0, 0.05) is 65.9 Å². The fourth-order valence-corrected chi connectivity index (χ4v) is 13.7. The van der Waals surface area contributed by atoms with Crippen LogP contribution in [0.4, 0.5) is 51.2 Å². The Kier molecular flexibility index (Phi) is 9.40. The van der Waals surface area contributed by atoms with Crippen LogP contribution in [-0.4, -0.2) is 6.71 Å². The summed E-state index contributed by atoms with van der Waals surface area (Å²) < 4.78 is 35.1. The van der Waals surface area contributed by atoms with Gasteiger partial charge in [-0.15, -0.1) is 0 Å². The molecular weight excluding hydrogens is 898 g/mol. The topological polar surface area (TPSA) is 22.9 Å². The van der Waals surface area contributed by atoms with Gasteiger partial charge in [0.05, 0.1) is 5.69 Å². The van der Waals surface area contributed by atoms with Gasteiger partial charge >= 0.3 is 0 Å². The highest BCUT2D eigenvalue weighted by Crippen LogP contribution is 2.54. The number of furan rings is 1. The zero-order valence-corrected chi connectivity index (χ0v) is 45.2. The van der Waals surface area contributed by atoms with Crippen LogP contribution in [0.3, 0.4) is 0 Å². The summed E-state index contributed by atoms with van der Waals surface area (Å²) in [5.41, 5.74) is 20.5. The SMILES string of the molecule is [2H]C([2H])([2H])c1cc2c3c(c1)N(c1ccc4c(oc5ccccc54)c1C(C)(C)C)c1cc(N(c4ccccc4)c4ccccc4)ccc1B3c1cc3c(cc1N2c1ccc2c(c1)C(C)(C)CCC2(C)C)C(C)(C)CCC3(C)C. The molecule has 5 heteroatoms. The van der Waals surface area contributed by atoms with Crippen molar-refractivity contribution in [2.45, 2.75) is 136 Å². The molecule has 2 aliphatic carbocycles. The fourth-order valence-electron chi connectivity index (χ4n) is 13.7. The first-order chi connectivity index (χ1) is 36.4. The summed E-state index contributed by atoms with van der Waals surface area (Å²) in [6.07, 6.45) is 4.36. The van der Waals surface area contributed by atoms with Crippen LogP contribution in [0.15, 0.2) is 162 Å². The van der Waals surface area contributed by atoms with E-state index in [0.29, 0.717) is 5.56 Å². The lowest BCUT2D eigenvalue weighted by Crippen LogP contribution is -2.62. The van der Waals surface area contributed by atoms with Crippen molar-refractivity contribution in [2.75, 3.05) is 14.7 Å². The molecule has 2 aliphatic heterocycles. The molecule has 0 spiro atoms. The largest absolute Gasteiger partial charge is 0.456 e. The second-order valence-electron chi connectivity index (χ2n) is 25.7. The number of hydrogen-bond donors (Lipinski definition) is 0. The molecule has 0 radical (unpaired) electrons. The molecule has 0 saturated heterocycles. The van der Waals surface area contributed by atoms with E-state index in [1.165, 1.54) is 27.7 Å². The average Bonchev–Trinajstić information content (AvgIpc) is 3.93. The minimum absolute atomic E-state index is 0.0225. The molecule has 0 saturated carbocycles. The van der Waals surface area contributed by atoms with Crippen molar-refractivity contribution < 1.29 is 8.53 Å². The molecule has 0 fully saturated rings. The molecule has 370 valence electrons. The van der Waals surface area contributed by atoms with Crippen LogP contribution in [0.25, 0.3) is 21.9 Å². The van der Waals surface area contributed by atoms with E-state index in [1.807, 2.05) is 18.2 Å². The third kappa shape index (κ3) is 7.01. The van der Waals surface area contributed by atoms with Gasteiger partial charge in [-0.05, 0) is 189 Å². The quantitative estimate of drug-likeness (QED) is 0.160. The standard InChI is InChI=1S/C69H70BN3O/c1-43-37-59-63-60(38-43)73(56-32-29-49-48-25-19-20-26-61(48)74-64(49)62(56)65(2,3)4)57-40-47(71(44-21-15-13-16-22-44)45-23-17-14-18-24-45)28-31-54(57)70(63)55-41-52-53(69(11,12)36-35-68(52,9)10)42-58(55)72(59)46-27-30-50-51(39-46)67(7,8)34-33-66(50,5)6/h13-32,37-42H,33-36H2,1-12H3/i1D3. The second-order valence-corrected chi connectivity index (χ2v) is 25.7. The van der Waals surface area contributed by atoms with E-state index in [4.69, 9.17) is 4.42 Å². The van der Waals surface area contributed by atoms with Crippen LogP contribution < -0.4 is 31.1 Å². The predicted octanol–water partition coefficient (Wildman–Crippen LogP) is 17.4. The van der Waals surface area contributed by atoms with Crippen LogP contribution in [0.1, 0.15) is 139 Å². The molecule has 0 bridgehead atoms. The summed E-state index contributed by atoms with van der Waals surface area (Å²) in [5.74, 6) is 0. The third-order valence-electron chi connectivity index (χ3n) is 17.9. The van der Waals surface area contributed by atoms with Gasteiger partial charge in [-0.1, -0.05) is 149 Å². The first kappa shape index (κ1) is 43.4. The zero-order chi connectivity index (χ0) is 53.9. The number of benzene rings is 8. The average molecular weight is 971 g/mol. The number of fused-ring (bicyclic) bond motifs is 9. The van der Waals surface area contributed by atoms with Crippen LogP contribution in [-0.2, 0) is 27.1 Å². The van der Waals surface area contributed by atoms with E-state index in [0.717, 1.165) is 115 Å². The lowest BCUT2D eigenvalue weighted by atomic mass is 9.33. The summed E-state index contributed by atoms with van der Waals surface area (Å²) in [6.45, 7) is 23.4. The minimum atomic E-state index is -2.43. The van der Waals surface area contributed by atoms with Crippen LogP contribution >= 0.6 is 0 Å². The minimum Gasteiger partial charge on any atom is -0.456 e. The molecule has 13 rings (SSSR count). The van der Waals surface area contributed by atoms with Crippen molar-refractivity contribution in [1.82, 2.24) is 0 Å². The maximum absolute atomic E-state index is 9.37. The Hall–Kier alpha value is -6.98. The van der Waals surface area contributed by atoms with Gasteiger partial charge in [-0.3, -0.25) is 0 Å². The molecule has 1 aromatic heterocycles. The first-order valence-corrected chi connectivity index (χ1v) is 27.0. The van der Waals surface area contributed by atoms with Crippen LogP contribution in [0.5, 0.6) is 0 Å². The molecule has 0 N–H and O–H groups in total. The smallest absolute Gasteiger partial charge is 0.252 e. The summed E-state index contributed by atoms with van der Waals surface area (Å²) in [4.78, 5) is 7.21. The summed E-state index contributed by atoms with van der Waals surface area (Å²) in [7, 11) is 0. The Morgan fingerprint density at radius 1 is 0.486 bits per heavy atom. The second kappa shape index (κ2) is 16.0. The van der Waals surface area contributed by atoms with Gasteiger partial charge in [-0.25, -0.2) is 0 Å². The van der Waals surface area contributed by atoms with E-state index in [-0.39, 0.29) is 28.4 Å². The van der Waals surface area contributed by atoms with E-state index in [2.05, 4.69) is 230 Å². The van der Waals surface area contributed by atoms with E-state index >= 15 is 0 Å². The Labute approximate surface area is 444 Å². The molecule has 0 unspecified atom stereocenters. The van der Waals surface area contributed by atoms with Crippen molar-refractivity contribution in [2.24, 2.45) is 0 Å². The van der Waals surface area contributed by atoms with Crippen LogP contribution in [0.2, 0.25) is 0 Å². The molecule has 4 aliphatic rings. The summed E-state index contributed by atoms with van der Waals surface area (Å²) in [5, 5.41) is 2.13. The van der Waals surface area contributed by atoms with E-state index in [1.54, 1.807) is 0 Å². The molecule has 4 nitrogen and oxygen atoms in total.